The van der Waals surface area contributed by atoms with E-state index in [1.165, 1.54) is 0 Å². The van der Waals surface area contributed by atoms with Crippen molar-refractivity contribution in [2.75, 3.05) is 0 Å². The summed E-state index contributed by atoms with van der Waals surface area (Å²) in [5.74, 6) is 0.671. The molecule has 2 aromatic carbocycles. The van der Waals surface area contributed by atoms with Crippen LogP contribution in [0.3, 0.4) is 0 Å². The zero-order valence-electron chi connectivity index (χ0n) is 11.6. The summed E-state index contributed by atoms with van der Waals surface area (Å²) >= 11 is 4.69. The third-order valence-electron chi connectivity index (χ3n) is 3.42. The van der Waals surface area contributed by atoms with Crippen molar-refractivity contribution in [3.8, 4) is 16.9 Å². The molecule has 0 fully saturated rings. The summed E-state index contributed by atoms with van der Waals surface area (Å²) in [4.78, 5) is 1.01. The first-order valence-electron chi connectivity index (χ1n) is 6.69. The molecule has 0 aromatic heterocycles. The quantitative estimate of drug-likeness (QED) is 0.751. The minimum atomic E-state index is 0.320. The van der Waals surface area contributed by atoms with E-state index in [1.807, 2.05) is 36.4 Å². The molecule has 2 rings (SSSR count). The van der Waals surface area contributed by atoms with Crippen molar-refractivity contribution in [2.45, 2.75) is 38.0 Å². The minimum Gasteiger partial charge on any atom is -0.507 e. The van der Waals surface area contributed by atoms with Crippen LogP contribution >= 0.6 is 12.6 Å². The van der Waals surface area contributed by atoms with Crippen molar-refractivity contribution in [3.05, 3.63) is 47.5 Å². The molecular weight excluding hydrogens is 252 g/mol. The molecule has 2 heteroatoms. The van der Waals surface area contributed by atoms with E-state index in [0.717, 1.165) is 33.6 Å². The van der Waals surface area contributed by atoms with Crippen LogP contribution in [0.1, 0.15) is 37.8 Å². The molecule has 0 saturated heterocycles. The van der Waals surface area contributed by atoms with Gasteiger partial charge in [0.2, 0.25) is 0 Å². The Morgan fingerprint density at radius 2 is 1.79 bits per heavy atom. The molecule has 0 aliphatic rings. The molecule has 0 aliphatic heterocycles. The van der Waals surface area contributed by atoms with Crippen molar-refractivity contribution >= 4 is 12.6 Å². The van der Waals surface area contributed by atoms with E-state index >= 15 is 0 Å². The number of phenols is 1. The molecule has 2 aromatic rings. The van der Waals surface area contributed by atoms with Crippen molar-refractivity contribution < 1.29 is 5.11 Å². The maximum atomic E-state index is 10.4. The van der Waals surface area contributed by atoms with Gasteiger partial charge < -0.3 is 5.11 Å². The van der Waals surface area contributed by atoms with E-state index < -0.39 is 0 Å². The summed E-state index contributed by atoms with van der Waals surface area (Å²) in [7, 11) is 0. The molecule has 0 spiro atoms. The van der Waals surface area contributed by atoms with Crippen LogP contribution in [0.15, 0.2) is 41.3 Å². The van der Waals surface area contributed by atoms with Crippen molar-refractivity contribution in [2.24, 2.45) is 0 Å². The summed E-state index contributed by atoms with van der Waals surface area (Å²) in [5, 5.41) is 10.4. The largest absolute Gasteiger partial charge is 0.507 e. The zero-order chi connectivity index (χ0) is 14.0. The first-order chi connectivity index (χ1) is 9.06. The molecule has 0 saturated carbocycles. The Bertz CT molecular complexity index is 574. The van der Waals surface area contributed by atoms with Gasteiger partial charge in [0, 0.05) is 10.5 Å². The summed E-state index contributed by atoms with van der Waals surface area (Å²) in [6.07, 6.45) is 0.876. The number of thiol groups is 1. The monoisotopic (exact) mass is 272 g/mol. The van der Waals surface area contributed by atoms with Gasteiger partial charge in [-0.05, 0) is 35.1 Å². The molecule has 0 unspecified atom stereocenters. The standard InChI is InChI=1S/C17H20OS/c1-4-12-10-14(18)16(13-8-6-5-7-9-13)15(11(2)3)17(12)19/h5-11,18-19H,4H2,1-3H3. The smallest absolute Gasteiger partial charge is 0.124 e. The maximum Gasteiger partial charge on any atom is 0.124 e. The van der Waals surface area contributed by atoms with Crippen LogP contribution in [-0.4, -0.2) is 5.11 Å². The second-order valence-electron chi connectivity index (χ2n) is 5.07. The van der Waals surface area contributed by atoms with Crippen LogP contribution in [0.2, 0.25) is 0 Å². The molecule has 19 heavy (non-hydrogen) atoms. The van der Waals surface area contributed by atoms with E-state index in [0.29, 0.717) is 11.7 Å². The van der Waals surface area contributed by atoms with E-state index in [1.54, 1.807) is 0 Å². The molecule has 1 nitrogen and oxygen atoms in total. The number of benzene rings is 2. The van der Waals surface area contributed by atoms with Crippen LogP contribution in [0.5, 0.6) is 5.75 Å². The van der Waals surface area contributed by atoms with E-state index in [-0.39, 0.29) is 0 Å². The van der Waals surface area contributed by atoms with Gasteiger partial charge in [-0.3, -0.25) is 0 Å². The van der Waals surface area contributed by atoms with Crippen LogP contribution in [-0.2, 0) is 6.42 Å². The predicted octanol–water partition coefficient (Wildman–Crippen LogP) is 5.03. The number of aryl methyl sites for hydroxylation is 1. The van der Waals surface area contributed by atoms with Gasteiger partial charge in [0.15, 0.2) is 0 Å². The van der Waals surface area contributed by atoms with Crippen LogP contribution < -0.4 is 0 Å². The summed E-state index contributed by atoms with van der Waals surface area (Å²) < 4.78 is 0. The number of phenolic OH excluding ortho intramolecular Hbond substituents is 1. The molecule has 100 valence electrons. The first-order valence-corrected chi connectivity index (χ1v) is 7.14. The van der Waals surface area contributed by atoms with E-state index in [2.05, 4.69) is 33.4 Å². The fourth-order valence-electron chi connectivity index (χ4n) is 2.47. The highest BCUT2D eigenvalue weighted by Gasteiger charge is 2.18. The SMILES string of the molecule is CCc1cc(O)c(-c2ccccc2)c(C(C)C)c1S. The molecule has 0 aliphatic carbocycles. The van der Waals surface area contributed by atoms with Crippen molar-refractivity contribution in [1.29, 1.82) is 0 Å². The Kier molecular flexibility index (Phi) is 4.20. The van der Waals surface area contributed by atoms with Gasteiger partial charge in [0.05, 0.1) is 0 Å². The van der Waals surface area contributed by atoms with Crippen molar-refractivity contribution in [1.82, 2.24) is 0 Å². The lowest BCUT2D eigenvalue weighted by molar-refractivity contribution is 0.474. The topological polar surface area (TPSA) is 20.2 Å². The lowest BCUT2D eigenvalue weighted by atomic mass is 9.89. The average molecular weight is 272 g/mol. The second-order valence-corrected chi connectivity index (χ2v) is 5.51. The number of hydrogen-bond donors (Lipinski definition) is 2. The lowest BCUT2D eigenvalue weighted by Crippen LogP contribution is -1.99. The third kappa shape index (κ3) is 2.64. The average Bonchev–Trinajstić information content (AvgIpc) is 2.41. The molecule has 0 bridgehead atoms. The highest BCUT2D eigenvalue weighted by Crippen LogP contribution is 2.41. The second kappa shape index (κ2) is 5.70. The molecule has 0 atom stereocenters. The number of rotatable bonds is 3. The van der Waals surface area contributed by atoms with Gasteiger partial charge in [-0.1, -0.05) is 51.1 Å². The highest BCUT2D eigenvalue weighted by molar-refractivity contribution is 7.80. The van der Waals surface area contributed by atoms with Gasteiger partial charge in [0.1, 0.15) is 5.75 Å². The number of hydrogen-bond acceptors (Lipinski definition) is 2. The minimum absolute atomic E-state index is 0.320. The van der Waals surface area contributed by atoms with Crippen molar-refractivity contribution in [3.63, 3.8) is 0 Å². The van der Waals surface area contributed by atoms with E-state index in [9.17, 15) is 5.11 Å². The molecule has 0 amide bonds. The van der Waals surface area contributed by atoms with Gasteiger partial charge in [-0.15, -0.1) is 12.6 Å². The van der Waals surface area contributed by atoms with Gasteiger partial charge in [-0.2, -0.15) is 0 Å². The Morgan fingerprint density at radius 3 is 2.32 bits per heavy atom. The van der Waals surface area contributed by atoms with Gasteiger partial charge in [0.25, 0.3) is 0 Å². The Balaban J connectivity index is 2.76. The molecule has 0 heterocycles. The zero-order valence-corrected chi connectivity index (χ0v) is 12.5. The summed E-state index contributed by atoms with van der Waals surface area (Å²) in [5.41, 5.74) is 4.19. The van der Waals surface area contributed by atoms with Crippen LogP contribution in [0.25, 0.3) is 11.1 Å². The highest BCUT2D eigenvalue weighted by atomic mass is 32.1. The Morgan fingerprint density at radius 1 is 1.16 bits per heavy atom. The maximum absolute atomic E-state index is 10.4. The fourth-order valence-corrected chi connectivity index (χ4v) is 3.07. The number of aromatic hydroxyl groups is 1. The Hall–Kier alpha value is -1.41. The third-order valence-corrected chi connectivity index (χ3v) is 3.94. The van der Waals surface area contributed by atoms with Gasteiger partial charge >= 0.3 is 0 Å². The molecule has 0 radical (unpaired) electrons. The fraction of sp³-hybridized carbons (Fsp3) is 0.294. The van der Waals surface area contributed by atoms with Crippen LogP contribution in [0, 0.1) is 0 Å². The summed E-state index contributed by atoms with van der Waals surface area (Å²) in [6.45, 7) is 6.36. The van der Waals surface area contributed by atoms with Crippen LogP contribution in [0.4, 0.5) is 0 Å². The predicted molar refractivity (Wildman–Crippen MR) is 84.3 cm³/mol. The lowest BCUT2D eigenvalue weighted by Gasteiger charge is -2.20. The summed E-state index contributed by atoms with van der Waals surface area (Å²) in [6, 6.07) is 11.9. The van der Waals surface area contributed by atoms with E-state index in [4.69, 9.17) is 0 Å². The molecular formula is C17H20OS. The first kappa shape index (κ1) is 14.0. The molecule has 1 N–H and O–H groups in total. The van der Waals surface area contributed by atoms with Gasteiger partial charge in [-0.25, -0.2) is 0 Å². The normalized spacial score (nSPS) is 11.0. The Labute approximate surface area is 120 Å².